The van der Waals surface area contributed by atoms with E-state index in [0.29, 0.717) is 27.7 Å². The molecule has 0 radical (unpaired) electrons. The number of rotatable bonds is 6. The van der Waals surface area contributed by atoms with Gasteiger partial charge in [-0.2, -0.15) is 0 Å². The molecule has 1 aromatic carbocycles. The summed E-state index contributed by atoms with van der Waals surface area (Å²) in [6.07, 6.45) is 8.27. The van der Waals surface area contributed by atoms with Gasteiger partial charge >= 0.3 is 0 Å². The van der Waals surface area contributed by atoms with E-state index in [4.69, 9.17) is 9.47 Å². The second kappa shape index (κ2) is 6.75. The summed E-state index contributed by atoms with van der Waals surface area (Å²) >= 11 is 1.90. The van der Waals surface area contributed by atoms with E-state index < -0.39 is 0 Å². The van der Waals surface area contributed by atoms with Crippen LogP contribution in [0.3, 0.4) is 0 Å². The normalized spacial score (nSPS) is 32.5. The Morgan fingerprint density at radius 2 is 1.76 bits per heavy atom. The molecule has 0 heterocycles. The molecule has 4 aliphatic carbocycles. The first-order valence-corrected chi connectivity index (χ1v) is 10.2. The molecule has 25 heavy (non-hydrogen) atoms. The van der Waals surface area contributed by atoms with E-state index in [1.165, 1.54) is 38.5 Å². The molecule has 1 amide bonds. The van der Waals surface area contributed by atoms with E-state index in [-0.39, 0.29) is 5.91 Å². The van der Waals surface area contributed by atoms with Crippen molar-refractivity contribution in [3.8, 4) is 11.5 Å². The second-order valence-corrected chi connectivity index (χ2v) is 9.45. The van der Waals surface area contributed by atoms with Crippen molar-refractivity contribution in [1.82, 2.24) is 0 Å². The lowest BCUT2D eigenvalue weighted by molar-refractivity contribution is -0.113. The molecule has 0 aliphatic heterocycles. The maximum Gasteiger partial charge on any atom is 0.234 e. The Balaban J connectivity index is 1.38. The van der Waals surface area contributed by atoms with Crippen LogP contribution in [-0.2, 0) is 4.79 Å². The minimum absolute atomic E-state index is 0.0484. The minimum Gasteiger partial charge on any atom is -0.497 e. The maximum absolute atomic E-state index is 12.5. The van der Waals surface area contributed by atoms with Gasteiger partial charge in [-0.05, 0) is 68.4 Å². The number of ether oxygens (including phenoxy) is 2. The Bertz CT molecular complexity index is 625. The summed E-state index contributed by atoms with van der Waals surface area (Å²) in [7, 11) is 3.23. The van der Waals surface area contributed by atoms with E-state index in [1.54, 1.807) is 14.2 Å². The number of thioether (sulfide) groups is 1. The first-order chi connectivity index (χ1) is 12.1. The maximum atomic E-state index is 12.5. The lowest BCUT2D eigenvalue weighted by atomic mass is 9.56. The van der Waals surface area contributed by atoms with Gasteiger partial charge in [0.05, 0.1) is 25.7 Å². The average molecular weight is 362 g/mol. The van der Waals surface area contributed by atoms with Crippen molar-refractivity contribution in [2.24, 2.45) is 17.8 Å². The molecule has 4 saturated carbocycles. The van der Waals surface area contributed by atoms with Crippen molar-refractivity contribution < 1.29 is 14.3 Å². The monoisotopic (exact) mass is 361 g/mol. The predicted octanol–water partition coefficient (Wildman–Crippen LogP) is 4.34. The molecule has 0 aromatic heterocycles. The molecule has 136 valence electrons. The molecule has 4 aliphatic rings. The van der Waals surface area contributed by atoms with Gasteiger partial charge in [-0.3, -0.25) is 4.79 Å². The Kier molecular flexibility index (Phi) is 4.61. The number of carbonyl (C=O) groups excluding carboxylic acids is 1. The highest BCUT2D eigenvalue weighted by Crippen LogP contribution is 2.60. The summed E-state index contributed by atoms with van der Waals surface area (Å²) in [4.78, 5) is 12.5. The summed E-state index contributed by atoms with van der Waals surface area (Å²) in [5, 5.41) is 3.00. The highest BCUT2D eigenvalue weighted by molar-refractivity contribution is 8.01. The van der Waals surface area contributed by atoms with Crippen LogP contribution in [0.25, 0.3) is 0 Å². The summed E-state index contributed by atoms with van der Waals surface area (Å²) < 4.78 is 11.0. The van der Waals surface area contributed by atoms with Crippen LogP contribution in [0.4, 0.5) is 5.69 Å². The smallest absolute Gasteiger partial charge is 0.234 e. The standard InChI is InChI=1S/C20H27NO3S/c1-23-16-3-4-18(24-2)17(8-16)21-19(22)12-25-20-9-13-5-14(10-20)7-15(6-13)11-20/h3-4,8,13-15H,5-7,9-12H2,1-2H3,(H,21,22). The number of anilines is 1. The van der Waals surface area contributed by atoms with Crippen LogP contribution in [0.2, 0.25) is 0 Å². The van der Waals surface area contributed by atoms with Crippen molar-refractivity contribution in [3.63, 3.8) is 0 Å². The number of hydrogen-bond donors (Lipinski definition) is 1. The van der Waals surface area contributed by atoms with Gasteiger partial charge in [0.1, 0.15) is 11.5 Å². The Labute approximate surface area is 154 Å². The van der Waals surface area contributed by atoms with Gasteiger partial charge in [-0.15, -0.1) is 11.8 Å². The molecule has 5 heteroatoms. The van der Waals surface area contributed by atoms with Crippen molar-refractivity contribution in [1.29, 1.82) is 0 Å². The highest BCUT2D eigenvalue weighted by atomic mass is 32.2. The van der Waals surface area contributed by atoms with Crippen LogP contribution in [0, 0.1) is 17.8 Å². The topological polar surface area (TPSA) is 47.6 Å². The van der Waals surface area contributed by atoms with E-state index in [1.807, 2.05) is 30.0 Å². The third kappa shape index (κ3) is 3.48. The number of benzene rings is 1. The van der Waals surface area contributed by atoms with Gasteiger partial charge in [0.15, 0.2) is 0 Å². The summed E-state index contributed by atoms with van der Waals surface area (Å²) in [5.74, 6) is 4.69. The first kappa shape index (κ1) is 17.1. The number of hydrogen-bond acceptors (Lipinski definition) is 4. The molecule has 5 rings (SSSR count). The van der Waals surface area contributed by atoms with Crippen molar-refractivity contribution in [2.75, 3.05) is 25.3 Å². The predicted molar refractivity (Wildman–Crippen MR) is 102 cm³/mol. The molecule has 1 aromatic rings. The zero-order valence-corrected chi connectivity index (χ0v) is 15.9. The molecule has 0 saturated heterocycles. The van der Waals surface area contributed by atoms with Crippen LogP contribution >= 0.6 is 11.8 Å². The molecular formula is C20H27NO3S. The molecular weight excluding hydrogens is 334 g/mol. The van der Waals surface area contributed by atoms with Gasteiger partial charge in [0.2, 0.25) is 5.91 Å². The number of carbonyl (C=O) groups is 1. The largest absolute Gasteiger partial charge is 0.497 e. The Hall–Kier alpha value is -1.36. The lowest BCUT2D eigenvalue weighted by Gasteiger charge is -2.56. The van der Waals surface area contributed by atoms with Crippen LogP contribution < -0.4 is 14.8 Å². The molecule has 4 bridgehead atoms. The van der Waals surface area contributed by atoms with Gasteiger partial charge in [-0.25, -0.2) is 0 Å². The average Bonchev–Trinajstić information content (AvgIpc) is 2.59. The van der Waals surface area contributed by atoms with Crippen LogP contribution in [-0.4, -0.2) is 30.6 Å². The number of amides is 1. The van der Waals surface area contributed by atoms with Gasteiger partial charge in [-0.1, -0.05) is 0 Å². The highest BCUT2D eigenvalue weighted by Gasteiger charge is 2.51. The van der Waals surface area contributed by atoms with Crippen molar-refractivity contribution >= 4 is 23.4 Å². The number of nitrogens with one attached hydrogen (secondary N) is 1. The third-order valence-corrected chi connectivity index (χ3v) is 7.69. The van der Waals surface area contributed by atoms with E-state index in [9.17, 15) is 4.79 Å². The van der Waals surface area contributed by atoms with E-state index in [0.717, 1.165) is 17.8 Å². The first-order valence-electron chi connectivity index (χ1n) is 9.25. The fourth-order valence-electron chi connectivity index (χ4n) is 5.52. The van der Waals surface area contributed by atoms with Crippen LogP contribution in [0.1, 0.15) is 38.5 Å². The van der Waals surface area contributed by atoms with E-state index in [2.05, 4.69) is 5.32 Å². The van der Waals surface area contributed by atoms with Crippen molar-refractivity contribution in [3.05, 3.63) is 18.2 Å². The SMILES string of the molecule is COc1ccc(OC)c(NC(=O)CSC23CC4CC(CC(C4)C2)C3)c1. The second-order valence-electron chi connectivity index (χ2n) is 8.00. The third-order valence-electron chi connectivity index (χ3n) is 6.17. The molecule has 4 fully saturated rings. The Morgan fingerprint density at radius 1 is 1.12 bits per heavy atom. The summed E-state index contributed by atoms with van der Waals surface area (Å²) in [6, 6.07) is 5.46. The van der Waals surface area contributed by atoms with Gasteiger partial charge in [0, 0.05) is 10.8 Å². The molecule has 0 atom stereocenters. The molecule has 0 spiro atoms. The summed E-state index contributed by atoms with van der Waals surface area (Å²) in [6.45, 7) is 0. The van der Waals surface area contributed by atoms with Gasteiger partial charge in [0.25, 0.3) is 0 Å². The minimum atomic E-state index is 0.0484. The fraction of sp³-hybridized carbons (Fsp3) is 0.650. The molecule has 1 N–H and O–H groups in total. The van der Waals surface area contributed by atoms with Crippen molar-refractivity contribution in [2.45, 2.75) is 43.3 Å². The number of methoxy groups -OCH3 is 2. The quantitative estimate of drug-likeness (QED) is 0.818. The van der Waals surface area contributed by atoms with Crippen LogP contribution in [0.15, 0.2) is 18.2 Å². The Morgan fingerprint density at radius 3 is 2.32 bits per heavy atom. The summed E-state index contributed by atoms with van der Waals surface area (Å²) in [5.41, 5.74) is 0.679. The molecule has 0 unspecified atom stereocenters. The zero-order chi connectivity index (χ0) is 17.4. The lowest BCUT2D eigenvalue weighted by Crippen LogP contribution is -2.49. The van der Waals surface area contributed by atoms with E-state index >= 15 is 0 Å². The zero-order valence-electron chi connectivity index (χ0n) is 15.0. The van der Waals surface area contributed by atoms with Crippen LogP contribution in [0.5, 0.6) is 11.5 Å². The molecule has 4 nitrogen and oxygen atoms in total. The van der Waals surface area contributed by atoms with Gasteiger partial charge < -0.3 is 14.8 Å². The fourth-order valence-corrected chi connectivity index (χ4v) is 7.09.